The summed E-state index contributed by atoms with van der Waals surface area (Å²) in [5, 5.41) is 10.3. The number of nitrogens with one attached hydrogen (secondary N) is 1. The van der Waals surface area contributed by atoms with Crippen LogP contribution in [-0.4, -0.2) is 30.7 Å². The molecule has 0 amide bonds. The van der Waals surface area contributed by atoms with E-state index in [0.29, 0.717) is 40.5 Å². The molecule has 26 heavy (non-hydrogen) atoms. The number of aromatic nitrogens is 4. The van der Waals surface area contributed by atoms with Gasteiger partial charge in [0.1, 0.15) is 34.7 Å². The first-order valence-corrected chi connectivity index (χ1v) is 8.46. The third kappa shape index (κ3) is 3.07. The number of H-pyrrole nitrogens is 1. The Balaban J connectivity index is 2.22. The number of fused-ring (bicyclic) bond motifs is 1. The van der Waals surface area contributed by atoms with Gasteiger partial charge in [-0.15, -0.1) is 0 Å². The molecule has 0 radical (unpaired) electrons. The summed E-state index contributed by atoms with van der Waals surface area (Å²) in [6, 6.07) is 3.36. The van der Waals surface area contributed by atoms with Crippen LogP contribution in [0.1, 0.15) is 26.5 Å². The van der Waals surface area contributed by atoms with E-state index in [4.69, 9.17) is 5.73 Å². The zero-order chi connectivity index (χ0) is 18.8. The van der Waals surface area contributed by atoms with Crippen LogP contribution in [0, 0.1) is 17.8 Å². The van der Waals surface area contributed by atoms with E-state index >= 15 is 0 Å². The fourth-order valence-corrected chi connectivity index (χ4v) is 2.67. The van der Waals surface area contributed by atoms with Crippen molar-refractivity contribution in [3.05, 3.63) is 40.4 Å². The second-order valence-electron chi connectivity index (χ2n) is 6.30. The summed E-state index contributed by atoms with van der Waals surface area (Å²) in [4.78, 5) is 24.5. The maximum Gasteiger partial charge on any atom is 0.204 e. The Morgan fingerprint density at radius 3 is 2.77 bits per heavy atom. The molecule has 0 aromatic carbocycles. The highest BCUT2D eigenvalue weighted by Gasteiger charge is 2.18. The summed E-state index contributed by atoms with van der Waals surface area (Å²) in [6.07, 6.45) is 2.49. The predicted octanol–water partition coefficient (Wildman–Crippen LogP) is 1.76. The minimum absolute atomic E-state index is 0.0308. The van der Waals surface area contributed by atoms with Gasteiger partial charge in [0.05, 0.1) is 5.39 Å². The zero-order valence-corrected chi connectivity index (χ0v) is 14.9. The molecule has 3 aromatic rings. The Labute approximate surface area is 150 Å². The lowest BCUT2D eigenvalue weighted by atomic mass is 10.1. The number of imidazole rings is 1. The van der Waals surface area contributed by atoms with Crippen molar-refractivity contribution in [1.29, 1.82) is 0 Å². The molecule has 7 heteroatoms. The predicted molar refractivity (Wildman–Crippen MR) is 101 cm³/mol. The summed E-state index contributed by atoms with van der Waals surface area (Å²) in [5.74, 6) is 6.40. The molecule has 0 aliphatic heterocycles. The smallest absolute Gasteiger partial charge is 0.204 e. The van der Waals surface area contributed by atoms with E-state index in [1.54, 1.807) is 29.1 Å². The van der Waals surface area contributed by atoms with Gasteiger partial charge in [0.25, 0.3) is 0 Å². The van der Waals surface area contributed by atoms with Crippen LogP contribution in [0.25, 0.3) is 22.4 Å². The van der Waals surface area contributed by atoms with Crippen LogP contribution in [-0.2, 0) is 6.54 Å². The third-order valence-electron chi connectivity index (χ3n) is 4.18. The van der Waals surface area contributed by atoms with Crippen molar-refractivity contribution in [3.63, 3.8) is 0 Å². The second-order valence-corrected chi connectivity index (χ2v) is 6.30. The average Bonchev–Trinajstić information content (AvgIpc) is 3.14. The van der Waals surface area contributed by atoms with Crippen LogP contribution >= 0.6 is 0 Å². The number of aromatic amines is 1. The molecule has 1 unspecified atom stereocenters. The van der Waals surface area contributed by atoms with E-state index in [-0.39, 0.29) is 11.3 Å². The molecular formula is C19H21N5O2. The molecule has 0 aliphatic rings. The number of hydrogen-bond donors (Lipinski definition) is 3. The normalized spacial score (nSPS) is 12.2. The van der Waals surface area contributed by atoms with Crippen LogP contribution < -0.4 is 11.2 Å². The largest absolute Gasteiger partial charge is 0.384 e. The number of nitrogens with two attached hydrogens (primary N) is 1. The molecule has 0 spiro atoms. The highest BCUT2D eigenvalue weighted by Crippen LogP contribution is 2.23. The molecule has 3 aromatic heterocycles. The van der Waals surface area contributed by atoms with Gasteiger partial charge in [-0.1, -0.05) is 19.8 Å². The number of anilines is 1. The van der Waals surface area contributed by atoms with Crippen molar-refractivity contribution in [2.45, 2.75) is 33.4 Å². The summed E-state index contributed by atoms with van der Waals surface area (Å²) in [6.45, 7) is 6.24. The van der Waals surface area contributed by atoms with Gasteiger partial charge in [0.15, 0.2) is 0 Å². The summed E-state index contributed by atoms with van der Waals surface area (Å²) in [5.41, 5.74) is 7.30. The molecule has 4 N–H and O–H groups in total. The number of hydrogen-bond acceptors (Lipinski definition) is 5. The third-order valence-corrected chi connectivity index (χ3v) is 4.18. The first kappa shape index (κ1) is 17.7. The molecule has 0 saturated carbocycles. The second kappa shape index (κ2) is 7.02. The van der Waals surface area contributed by atoms with Crippen LogP contribution in [0.2, 0.25) is 0 Å². The van der Waals surface area contributed by atoms with E-state index in [0.717, 1.165) is 0 Å². The Bertz CT molecular complexity index is 1060. The van der Waals surface area contributed by atoms with Crippen molar-refractivity contribution in [3.8, 4) is 23.2 Å². The van der Waals surface area contributed by atoms with Gasteiger partial charge in [0, 0.05) is 18.9 Å². The maximum absolute atomic E-state index is 12.9. The molecule has 1 atom stereocenters. The number of aliphatic hydroxyl groups excluding tert-OH is 1. The topological polar surface area (TPSA) is 110 Å². The Kier molecular flexibility index (Phi) is 4.78. The first-order chi connectivity index (χ1) is 12.4. The van der Waals surface area contributed by atoms with Crippen molar-refractivity contribution < 1.29 is 5.11 Å². The summed E-state index contributed by atoms with van der Waals surface area (Å²) >= 11 is 0. The van der Waals surface area contributed by atoms with Gasteiger partial charge < -0.3 is 20.4 Å². The van der Waals surface area contributed by atoms with Crippen molar-refractivity contribution >= 4 is 16.9 Å². The number of pyridine rings is 2. The number of rotatable bonds is 3. The Morgan fingerprint density at radius 2 is 2.15 bits per heavy atom. The van der Waals surface area contributed by atoms with Gasteiger partial charge in [-0.25, -0.2) is 9.97 Å². The molecule has 3 rings (SSSR count). The van der Waals surface area contributed by atoms with Crippen molar-refractivity contribution in [1.82, 2.24) is 19.5 Å². The summed E-state index contributed by atoms with van der Waals surface area (Å²) < 4.78 is 1.76. The molecule has 0 fully saturated rings. The minimum atomic E-state index is -0.729. The summed E-state index contributed by atoms with van der Waals surface area (Å²) in [7, 11) is 0. The molecule has 0 saturated heterocycles. The molecular weight excluding hydrogens is 330 g/mol. The van der Waals surface area contributed by atoms with Crippen LogP contribution in [0.3, 0.4) is 0 Å². The van der Waals surface area contributed by atoms with Gasteiger partial charge in [-0.05, 0) is 30.9 Å². The van der Waals surface area contributed by atoms with Crippen molar-refractivity contribution in [2.75, 3.05) is 5.73 Å². The van der Waals surface area contributed by atoms with Crippen molar-refractivity contribution in [2.24, 2.45) is 5.92 Å². The Morgan fingerprint density at radius 1 is 1.38 bits per heavy atom. The zero-order valence-electron chi connectivity index (χ0n) is 14.9. The molecule has 0 bridgehead atoms. The number of aliphatic hydroxyl groups is 1. The van der Waals surface area contributed by atoms with E-state index in [1.807, 2.05) is 20.8 Å². The first-order valence-electron chi connectivity index (χ1n) is 8.46. The van der Waals surface area contributed by atoms with E-state index in [9.17, 15) is 9.90 Å². The number of nitrogens with zero attached hydrogens (tertiary/aromatic N) is 3. The quantitative estimate of drug-likeness (QED) is 0.623. The van der Waals surface area contributed by atoms with E-state index in [2.05, 4.69) is 26.8 Å². The maximum atomic E-state index is 12.9. The fraction of sp³-hybridized carbons (Fsp3) is 0.316. The lowest BCUT2D eigenvalue weighted by molar-refractivity contribution is 0.181. The van der Waals surface area contributed by atoms with Gasteiger partial charge in [-0.3, -0.25) is 4.79 Å². The molecule has 7 nitrogen and oxygen atoms in total. The van der Waals surface area contributed by atoms with E-state index in [1.165, 1.54) is 0 Å². The van der Waals surface area contributed by atoms with Crippen LogP contribution in [0.15, 0.2) is 29.3 Å². The van der Waals surface area contributed by atoms with E-state index < -0.39 is 6.10 Å². The highest BCUT2D eigenvalue weighted by molar-refractivity contribution is 5.86. The Hall–Kier alpha value is -3.11. The molecule has 134 valence electrons. The molecule has 0 aliphatic carbocycles. The minimum Gasteiger partial charge on any atom is -0.384 e. The SMILES string of the molecule is CCn1c(N)c(-c2ncc[nH]2)c(=O)c2ccc(C#CC(O)C(C)C)nc21. The number of aryl methyl sites for hydroxylation is 1. The lowest BCUT2D eigenvalue weighted by Gasteiger charge is -2.14. The number of nitrogen functional groups attached to an aromatic ring is 1. The lowest BCUT2D eigenvalue weighted by Crippen LogP contribution is -2.18. The standard InChI is InChI=1S/C19H21N5O2/c1-4-24-17(20)15(18-21-9-10-22-18)16(26)13-7-5-12(23-19(13)24)6-8-14(25)11(2)3/h5,7,9-11,14,25H,4,20H2,1-3H3,(H,21,22). The fourth-order valence-electron chi connectivity index (χ4n) is 2.67. The molecule has 3 heterocycles. The van der Waals surface area contributed by atoms with Crippen LogP contribution in [0.4, 0.5) is 5.82 Å². The monoisotopic (exact) mass is 351 g/mol. The van der Waals surface area contributed by atoms with Gasteiger partial charge in [-0.2, -0.15) is 0 Å². The average molecular weight is 351 g/mol. The van der Waals surface area contributed by atoms with Gasteiger partial charge in [0.2, 0.25) is 5.43 Å². The van der Waals surface area contributed by atoms with Gasteiger partial charge >= 0.3 is 0 Å². The highest BCUT2D eigenvalue weighted by atomic mass is 16.3. The van der Waals surface area contributed by atoms with Crippen LogP contribution in [0.5, 0.6) is 0 Å².